The second-order valence-electron chi connectivity index (χ2n) is 7.03. The van der Waals surface area contributed by atoms with E-state index in [1.807, 2.05) is 38.6 Å². The molecule has 1 N–H and O–H groups in total. The van der Waals surface area contributed by atoms with Crippen LogP contribution in [0, 0.1) is 12.3 Å². The summed E-state index contributed by atoms with van der Waals surface area (Å²) in [6.45, 7) is 0.833. The first kappa shape index (κ1) is 17.4. The molecule has 26 heavy (non-hydrogen) atoms. The molecule has 0 saturated heterocycles. The number of fused-ring (bicyclic) bond motifs is 1. The lowest BCUT2D eigenvalue weighted by atomic mass is 10.0. The molecule has 132 valence electrons. The lowest BCUT2D eigenvalue weighted by Crippen LogP contribution is -2.11. The van der Waals surface area contributed by atoms with Crippen molar-refractivity contribution in [3.05, 3.63) is 64.9 Å². The molecule has 0 atom stereocenters. The molecule has 5 heteroatoms. The van der Waals surface area contributed by atoms with Crippen LogP contribution in [0.5, 0.6) is 0 Å². The summed E-state index contributed by atoms with van der Waals surface area (Å²) in [7, 11) is 4.09. The van der Waals surface area contributed by atoms with Crippen LogP contribution in [0.1, 0.15) is 24.1 Å². The standard InChI is InChI=1S/C21H21BrN4/c1-26(2)13-18-7-6-17(12-23-18)25-21-15(9-14-3-4-14)11-24-20-8-5-16(22)10-19(20)21/h5-8,10-12,14H,3-4,13H2,1-2H3,(H,24,25). The number of anilines is 2. The van der Waals surface area contributed by atoms with Crippen molar-refractivity contribution in [1.29, 1.82) is 0 Å². The maximum Gasteiger partial charge on any atom is 0.0723 e. The summed E-state index contributed by atoms with van der Waals surface area (Å²) < 4.78 is 1.04. The summed E-state index contributed by atoms with van der Waals surface area (Å²) in [6.07, 6.45) is 9.84. The first-order chi connectivity index (χ1) is 12.6. The second-order valence-corrected chi connectivity index (χ2v) is 7.94. The zero-order chi connectivity index (χ0) is 18.1. The molecule has 0 amide bonds. The third-order valence-corrected chi connectivity index (χ3v) is 4.83. The van der Waals surface area contributed by atoms with Gasteiger partial charge in [0.1, 0.15) is 0 Å². The molecular formula is C21H21BrN4. The van der Waals surface area contributed by atoms with Gasteiger partial charge in [-0.25, -0.2) is 0 Å². The quantitative estimate of drug-likeness (QED) is 0.620. The molecule has 0 aliphatic heterocycles. The molecule has 2 radical (unpaired) electrons. The van der Waals surface area contributed by atoms with Crippen LogP contribution in [0.4, 0.5) is 11.4 Å². The fraction of sp³-hybridized carbons (Fsp3) is 0.286. The van der Waals surface area contributed by atoms with E-state index in [0.717, 1.165) is 44.6 Å². The van der Waals surface area contributed by atoms with E-state index in [-0.39, 0.29) is 0 Å². The molecule has 4 rings (SSSR count). The Morgan fingerprint density at radius 2 is 2.00 bits per heavy atom. The Kier molecular flexibility index (Phi) is 4.92. The molecule has 0 unspecified atom stereocenters. The van der Waals surface area contributed by atoms with E-state index in [1.165, 1.54) is 12.8 Å². The highest BCUT2D eigenvalue weighted by molar-refractivity contribution is 9.10. The lowest BCUT2D eigenvalue weighted by molar-refractivity contribution is 0.397. The molecule has 0 bridgehead atoms. The highest BCUT2D eigenvalue weighted by atomic mass is 79.9. The Balaban J connectivity index is 1.69. The molecule has 1 aliphatic carbocycles. The first-order valence-corrected chi connectivity index (χ1v) is 9.59. The number of benzene rings is 1. The molecule has 1 fully saturated rings. The van der Waals surface area contributed by atoms with Crippen molar-refractivity contribution < 1.29 is 0 Å². The highest BCUT2D eigenvalue weighted by Crippen LogP contribution is 2.39. The van der Waals surface area contributed by atoms with Crippen LogP contribution in [-0.2, 0) is 6.54 Å². The van der Waals surface area contributed by atoms with Crippen LogP contribution in [0.15, 0.2) is 47.2 Å². The van der Waals surface area contributed by atoms with Gasteiger partial charge in [-0.1, -0.05) is 15.9 Å². The number of hydrogen-bond acceptors (Lipinski definition) is 4. The molecule has 2 heterocycles. The minimum absolute atomic E-state index is 0.558. The predicted octanol–water partition coefficient (Wildman–Crippen LogP) is 5.04. The zero-order valence-electron chi connectivity index (χ0n) is 15.0. The number of halogens is 1. The average Bonchev–Trinajstić information content (AvgIpc) is 3.42. The van der Waals surface area contributed by atoms with Gasteiger partial charge in [-0.15, -0.1) is 0 Å². The van der Waals surface area contributed by atoms with Crippen molar-refractivity contribution >= 4 is 38.2 Å². The minimum atomic E-state index is 0.558. The molecule has 1 aromatic carbocycles. The van der Waals surface area contributed by atoms with E-state index in [2.05, 4.69) is 60.7 Å². The van der Waals surface area contributed by atoms with E-state index in [4.69, 9.17) is 0 Å². The number of hydrogen-bond donors (Lipinski definition) is 1. The molecule has 1 aliphatic rings. The minimum Gasteiger partial charge on any atom is -0.353 e. The number of pyridine rings is 2. The smallest absolute Gasteiger partial charge is 0.0723 e. The number of nitrogens with one attached hydrogen (secondary N) is 1. The van der Waals surface area contributed by atoms with E-state index in [9.17, 15) is 0 Å². The molecule has 3 aromatic rings. The third kappa shape index (κ3) is 4.05. The Labute approximate surface area is 162 Å². The van der Waals surface area contributed by atoms with Crippen LogP contribution in [-0.4, -0.2) is 29.0 Å². The van der Waals surface area contributed by atoms with Crippen LogP contribution in [0.3, 0.4) is 0 Å². The summed E-state index contributed by atoms with van der Waals surface area (Å²) >= 11 is 3.58. The fourth-order valence-electron chi connectivity index (χ4n) is 2.92. The van der Waals surface area contributed by atoms with Gasteiger partial charge in [-0.3, -0.25) is 9.97 Å². The van der Waals surface area contributed by atoms with Gasteiger partial charge in [0.25, 0.3) is 0 Å². The second kappa shape index (κ2) is 7.33. The largest absolute Gasteiger partial charge is 0.353 e. The van der Waals surface area contributed by atoms with Gasteiger partial charge in [0, 0.05) is 34.6 Å². The van der Waals surface area contributed by atoms with Gasteiger partial charge >= 0.3 is 0 Å². The molecule has 2 aromatic heterocycles. The van der Waals surface area contributed by atoms with E-state index in [0.29, 0.717) is 5.92 Å². The summed E-state index contributed by atoms with van der Waals surface area (Å²) in [4.78, 5) is 11.3. The zero-order valence-corrected chi connectivity index (χ0v) is 16.5. The molecule has 4 nitrogen and oxygen atoms in total. The summed E-state index contributed by atoms with van der Waals surface area (Å²) in [5, 5.41) is 4.64. The van der Waals surface area contributed by atoms with Crippen LogP contribution < -0.4 is 5.32 Å². The normalized spacial score (nSPS) is 14.2. The van der Waals surface area contributed by atoms with Crippen LogP contribution in [0.25, 0.3) is 10.9 Å². The molecule has 1 saturated carbocycles. The van der Waals surface area contributed by atoms with Gasteiger partial charge < -0.3 is 10.2 Å². The SMILES string of the molecule is CN(C)Cc1ccc(Nc2c([C]C3CC3)cnc3ccc(Br)cc23)cn1. The van der Waals surface area contributed by atoms with Gasteiger partial charge in [0.15, 0.2) is 0 Å². The van der Waals surface area contributed by atoms with Crippen molar-refractivity contribution in [2.45, 2.75) is 19.4 Å². The van der Waals surface area contributed by atoms with Crippen molar-refractivity contribution in [3.8, 4) is 0 Å². The maximum atomic E-state index is 4.61. The summed E-state index contributed by atoms with van der Waals surface area (Å²) in [5.74, 6) is 0.558. The Hall–Kier alpha value is -1.98. The van der Waals surface area contributed by atoms with Gasteiger partial charge in [0.2, 0.25) is 0 Å². The van der Waals surface area contributed by atoms with E-state index < -0.39 is 0 Å². The van der Waals surface area contributed by atoms with E-state index >= 15 is 0 Å². The van der Waals surface area contributed by atoms with Crippen molar-refractivity contribution in [3.63, 3.8) is 0 Å². The van der Waals surface area contributed by atoms with E-state index in [1.54, 1.807) is 0 Å². The molecular weight excluding hydrogens is 388 g/mol. The van der Waals surface area contributed by atoms with Crippen molar-refractivity contribution in [1.82, 2.24) is 14.9 Å². The maximum absolute atomic E-state index is 4.61. The van der Waals surface area contributed by atoms with Gasteiger partial charge in [-0.2, -0.15) is 0 Å². The number of nitrogens with zero attached hydrogens (tertiary/aromatic N) is 3. The highest BCUT2D eigenvalue weighted by Gasteiger charge is 2.24. The average molecular weight is 409 g/mol. The van der Waals surface area contributed by atoms with Crippen molar-refractivity contribution in [2.75, 3.05) is 19.4 Å². The van der Waals surface area contributed by atoms with Crippen molar-refractivity contribution in [2.24, 2.45) is 5.92 Å². The van der Waals surface area contributed by atoms with Gasteiger partial charge in [0.05, 0.1) is 28.8 Å². The van der Waals surface area contributed by atoms with Crippen LogP contribution in [0.2, 0.25) is 0 Å². The van der Waals surface area contributed by atoms with Crippen LogP contribution >= 0.6 is 15.9 Å². The number of aromatic nitrogens is 2. The predicted molar refractivity (Wildman–Crippen MR) is 109 cm³/mol. The molecule has 0 spiro atoms. The Bertz CT molecular complexity index is 917. The monoisotopic (exact) mass is 408 g/mol. The third-order valence-electron chi connectivity index (χ3n) is 4.34. The summed E-state index contributed by atoms with van der Waals surface area (Å²) in [6, 6.07) is 10.3. The lowest BCUT2D eigenvalue weighted by Gasteiger charge is -2.15. The topological polar surface area (TPSA) is 41.0 Å². The fourth-order valence-corrected chi connectivity index (χ4v) is 3.28. The van der Waals surface area contributed by atoms with Gasteiger partial charge in [-0.05, 0) is 63.2 Å². The number of rotatable bonds is 6. The summed E-state index contributed by atoms with van der Waals surface area (Å²) in [5.41, 5.74) is 5.08. The Morgan fingerprint density at radius 1 is 1.15 bits per heavy atom. The first-order valence-electron chi connectivity index (χ1n) is 8.80. The Morgan fingerprint density at radius 3 is 2.69 bits per heavy atom.